The zero-order chi connectivity index (χ0) is 8.81. The maximum absolute atomic E-state index is 8.96. The zero-order valence-electron chi connectivity index (χ0n) is 7.16. The molecular formula is C8H14N2OS. The van der Waals surface area contributed by atoms with Crippen molar-refractivity contribution in [2.24, 2.45) is 0 Å². The van der Waals surface area contributed by atoms with Crippen LogP contribution in [0.15, 0.2) is 11.7 Å². The van der Waals surface area contributed by atoms with E-state index in [-0.39, 0.29) is 6.10 Å². The molecule has 0 bridgehead atoms. The van der Waals surface area contributed by atoms with Crippen LogP contribution in [0.2, 0.25) is 0 Å². The summed E-state index contributed by atoms with van der Waals surface area (Å²) in [6.45, 7) is 3.52. The summed E-state index contributed by atoms with van der Waals surface area (Å²) in [7, 11) is 0. The second-order valence-electron chi connectivity index (χ2n) is 2.78. The van der Waals surface area contributed by atoms with Crippen molar-refractivity contribution in [2.45, 2.75) is 26.0 Å². The second-order valence-corrected chi connectivity index (χ2v) is 3.75. The Bertz CT molecular complexity index is 199. The molecule has 3 nitrogen and oxygen atoms in total. The third-order valence-electron chi connectivity index (χ3n) is 1.52. The Morgan fingerprint density at radius 3 is 3.17 bits per heavy atom. The molecule has 0 spiro atoms. The molecule has 0 amide bonds. The Balaban J connectivity index is 2.04. The van der Waals surface area contributed by atoms with Crippen molar-refractivity contribution in [1.29, 1.82) is 0 Å². The van der Waals surface area contributed by atoms with Gasteiger partial charge in [0, 0.05) is 17.6 Å². The van der Waals surface area contributed by atoms with E-state index in [0.717, 1.165) is 19.5 Å². The van der Waals surface area contributed by atoms with E-state index >= 15 is 0 Å². The van der Waals surface area contributed by atoms with E-state index in [0.29, 0.717) is 0 Å². The molecule has 0 fully saturated rings. The van der Waals surface area contributed by atoms with Crippen molar-refractivity contribution in [3.63, 3.8) is 0 Å². The third-order valence-corrected chi connectivity index (χ3v) is 2.30. The molecule has 68 valence electrons. The minimum Gasteiger partial charge on any atom is -0.393 e. The van der Waals surface area contributed by atoms with Crippen LogP contribution >= 0.6 is 11.3 Å². The minimum absolute atomic E-state index is 0.209. The molecule has 2 N–H and O–H groups in total. The Labute approximate surface area is 76.5 Å². The van der Waals surface area contributed by atoms with Crippen molar-refractivity contribution in [1.82, 2.24) is 10.3 Å². The van der Waals surface area contributed by atoms with Crippen LogP contribution in [0, 0.1) is 0 Å². The van der Waals surface area contributed by atoms with Gasteiger partial charge >= 0.3 is 0 Å². The predicted molar refractivity (Wildman–Crippen MR) is 50.1 cm³/mol. The molecule has 0 aliphatic carbocycles. The predicted octanol–water partition coefficient (Wildman–Crippen LogP) is 1.00. The first kappa shape index (κ1) is 9.64. The molecule has 12 heavy (non-hydrogen) atoms. The molecule has 0 aliphatic heterocycles. The first-order valence-corrected chi connectivity index (χ1v) is 4.93. The van der Waals surface area contributed by atoms with Gasteiger partial charge in [0.15, 0.2) is 0 Å². The molecule has 0 saturated heterocycles. The van der Waals surface area contributed by atoms with Crippen molar-refractivity contribution in [2.75, 3.05) is 6.54 Å². The van der Waals surface area contributed by atoms with Crippen LogP contribution in [0.4, 0.5) is 0 Å². The molecule has 1 unspecified atom stereocenters. The minimum atomic E-state index is -0.209. The first-order valence-electron chi connectivity index (χ1n) is 4.05. The first-order chi connectivity index (χ1) is 5.79. The molecule has 1 rings (SSSR count). The number of hydrogen-bond acceptors (Lipinski definition) is 4. The average molecular weight is 186 g/mol. The summed E-state index contributed by atoms with van der Waals surface area (Å²) in [4.78, 5) is 5.20. The van der Waals surface area contributed by atoms with Gasteiger partial charge in [0.1, 0.15) is 0 Å². The molecule has 1 aromatic rings. The van der Waals surface area contributed by atoms with Crippen LogP contribution in [0.5, 0.6) is 0 Å². The molecule has 1 aromatic heterocycles. The van der Waals surface area contributed by atoms with Gasteiger partial charge in [-0.05, 0) is 19.9 Å². The second kappa shape index (κ2) is 5.24. The number of nitrogens with zero attached hydrogens (tertiary/aromatic N) is 1. The lowest BCUT2D eigenvalue weighted by Gasteiger charge is -2.04. The molecule has 0 aromatic carbocycles. The van der Waals surface area contributed by atoms with Gasteiger partial charge in [-0.2, -0.15) is 0 Å². The average Bonchev–Trinajstić information content (AvgIpc) is 2.49. The summed E-state index contributed by atoms with van der Waals surface area (Å²) in [6, 6.07) is 0. The highest BCUT2D eigenvalue weighted by Crippen LogP contribution is 2.03. The Morgan fingerprint density at radius 1 is 1.75 bits per heavy atom. The van der Waals surface area contributed by atoms with Gasteiger partial charge in [0.2, 0.25) is 0 Å². The van der Waals surface area contributed by atoms with Crippen molar-refractivity contribution in [3.05, 3.63) is 16.6 Å². The normalized spacial score (nSPS) is 13.2. The number of thiazole rings is 1. The van der Waals surface area contributed by atoms with Crippen LogP contribution in [0.25, 0.3) is 0 Å². The molecule has 4 heteroatoms. The van der Waals surface area contributed by atoms with E-state index in [4.69, 9.17) is 5.11 Å². The standard InChI is InChI=1S/C8H14N2OS/c1-7(11)2-3-9-4-8-5-10-6-12-8/h5-7,9,11H,2-4H2,1H3. The lowest BCUT2D eigenvalue weighted by atomic mass is 10.3. The van der Waals surface area contributed by atoms with E-state index in [1.807, 2.05) is 11.7 Å². The van der Waals surface area contributed by atoms with E-state index < -0.39 is 0 Å². The summed E-state index contributed by atoms with van der Waals surface area (Å²) in [6.07, 6.45) is 2.46. The van der Waals surface area contributed by atoms with Crippen molar-refractivity contribution in [3.8, 4) is 0 Å². The monoisotopic (exact) mass is 186 g/mol. The largest absolute Gasteiger partial charge is 0.393 e. The molecule has 1 heterocycles. The lowest BCUT2D eigenvalue weighted by Crippen LogP contribution is -2.17. The molecule has 0 aliphatic rings. The summed E-state index contributed by atoms with van der Waals surface area (Å²) in [5.74, 6) is 0. The fourth-order valence-corrected chi connectivity index (χ4v) is 1.42. The summed E-state index contributed by atoms with van der Waals surface area (Å²) < 4.78 is 0. The summed E-state index contributed by atoms with van der Waals surface area (Å²) in [5.41, 5.74) is 1.83. The van der Waals surface area contributed by atoms with Gasteiger partial charge in [-0.1, -0.05) is 0 Å². The van der Waals surface area contributed by atoms with Crippen molar-refractivity contribution >= 4 is 11.3 Å². The highest BCUT2D eigenvalue weighted by Gasteiger charge is 1.96. The fraction of sp³-hybridized carbons (Fsp3) is 0.625. The summed E-state index contributed by atoms with van der Waals surface area (Å²) >= 11 is 1.65. The quantitative estimate of drug-likeness (QED) is 0.674. The number of aromatic nitrogens is 1. The highest BCUT2D eigenvalue weighted by atomic mass is 32.1. The maximum Gasteiger partial charge on any atom is 0.0794 e. The topological polar surface area (TPSA) is 45.1 Å². The van der Waals surface area contributed by atoms with Gasteiger partial charge in [-0.3, -0.25) is 4.98 Å². The highest BCUT2D eigenvalue weighted by molar-refractivity contribution is 7.09. The Kier molecular flexibility index (Phi) is 4.21. The fourth-order valence-electron chi connectivity index (χ4n) is 0.852. The van der Waals surface area contributed by atoms with Crippen LogP contribution < -0.4 is 5.32 Å². The smallest absolute Gasteiger partial charge is 0.0794 e. The SMILES string of the molecule is CC(O)CCNCc1cncs1. The van der Waals surface area contributed by atoms with Gasteiger partial charge < -0.3 is 10.4 Å². The van der Waals surface area contributed by atoms with Crippen LogP contribution in [-0.2, 0) is 6.54 Å². The Hall–Kier alpha value is -0.450. The number of rotatable bonds is 5. The number of aliphatic hydroxyl groups is 1. The van der Waals surface area contributed by atoms with E-state index in [9.17, 15) is 0 Å². The maximum atomic E-state index is 8.96. The Morgan fingerprint density at radius 2 is 2.58 bits per heavy atom. The van der Waals surface area contributed by atoms with Gasteiger partial charge in [0.25, 0.3) is 0 Å². The van der Waals surface area contributed by atoms with Crippen LogP contribution in [0.3, 0.4) is 0 Å². The molecule has 1 atom stereocenters. The van der Waals surface area contributed by atoms with Crippen LogP contribution in [0.1, 0.15) is 18.2 Å². The zero-order valence-corrected chi connectivity index (χ0v) is 7.97. The molecule has 0 radical (unpaired) electrons. The molecule has 0 saturated carbocycles. The summed E-state index contributed by atoms with van der Waals surface area (Å²) in [5, 5.41) is 12.2. The number of nitrogens with one attached hydrogen (secondary N) is 1. The van der Waals surface area contributed by atoms with Gasteiger partial charge in [-0.25, -0.2) is 0 Å². The molecular weight excluding hydrogens is 172 g/mol. The third kappa shape index (κ3) is 3.80. The van der Waals surface area contributed by atoms with E-state index in [2.05, 4.69) is 10.3 Å². The van der Waals surface area contributed by atoms with Gasteiger partial charge in [0.05, 0.1) is 11.6 Å². The van der Waals surface area contributed by atoms with E-state index in [1.54, 1.807) is 18.3 Å². The van der Waals surface area contributed by atoms with Gasteiger partial charge in [-0.15, -0.1) is 11.3 Å². The number of aliphatic hydroxyl groups excluding tert-OH is 1. The van der Waals surface area contributed by atoms with Crippen molar-refractivity contribution < 1.29 is 5.11 Å². The lowest BCUT2D eigenvalue weighted by molar-refractivity contribution is 0.183. The van der Waals surface area contributed by atoms with E-state index in [1.165, 1.54) is 4.88 Å². The van der Waals surface area contributed by atoms with Crippen LogP contribution in [-0.4, -0.2) is 22.7 Å². The number of hydrogen-bond donors (Lipinski definition) is 2.